The minimum absolute atomic E-state index is 0.00391. The number of amides is 1. The summed E-state index contributed by atoms with van der Waals surface area (Å²) in [6.07, 6.45) is 0. The molecule has 1 atom stereocenters. The summed E-state index contributed by atoms with van der Waals surface area (Å²) in [5.74, 6) is -0.335. The average Bonchev–Trinajstić information content (AvgIpc) is 2.37. The van der Waals surface area contributed by atoms with Gasteiger partial charge in [0, 0.05) is 5.69 Å². The van der Waals surface area contributed by atoms with Gasteiger partial charge in [-0.2, -0.15) is 0 Å². The molecule has 0 saturated carbocycles. The second-order valence-electron chi connectivity index (χ2n) is 4.49. The van der Waals surface area contributed by atoms with Gasteiger partial charge in [-0.3, -0.25) is 4.79 Å². The van der Waals surface area contributed by atoms with E-state index in [2.05, 4.69) is 10.0 Å². The molecule has 0 saturated heterocycles. The third-order valence-electron chi connectivity index (χ3n) is 2.70. The first-order valence-corrected chi connectivity index (χ1v) is 7.36. The van der Waals surface area contributed by atoms with Crippen LogP contribution in [0.1, 0.15) is 13.8 Å². The maximum atomic E-state index is 11.8. The van der Waals surface area contributed by atoms with E-state index in [1.807, 2.05) is 13.8 Å². The smallest absolute Gasteiger partial charge is 0.241 e. The zero-order valence-corrected chi connectivity index (χ0v) is 12.0. The van der Waals surface area contributed by atoms with Gasteiger partial charge in [-0.1, -0.05) is 19.9 Å². The lowest BCUT2D eigenvalue weighted by Crippen LogP contribution is -2.39. The van der Waals surface area contributed by atoms with Gasteiger partial charge in [0.05, 0.1) is 10.9 Å². The molecule has 7 heteroatoms. The Balaban J connectivity index is 2.93. The van der Waals surface area contributed by atoms with Crippen LogP contribution < -0.4 is 15.8 Å². The van der Waals surface area contributed by atoms with E-state index >= 15 is 0 Å². The van der Waals surface area contributed by atoms with E-state index < -0.39 is 16.1 Å². The number of rotatable bonds is 5. The zero-order chi connectivity index (χ0) is 14.6. The molecule has 0 aromatic heterocycles. The third kappa shape index (κ3) is 4.02. The van der Waals surface area contributed by atoms with Gasteiger partial charge in [-0.25, -0.2) is 13.1 Å². The standard InChI is InChI=1S/C12H19N3O3S/c1-8(2)11(13)12(16)15-9-5-4-6-10(7-9)19(17,18)14-3/h4-8,11,14H,13H2,1-3H3,(H,15,16)/t11-/m0/s1. The summed E-state index contributed by atoms with van der Waals surface area (Å²) >= 11 is 0. The van der Waals surface area contributed by atoms with Crippen molar-refractivity contribution in [3.8, 4) is 0 Å². The highest BCUT2D eigenvalue weighted by atomic mass is 32.2. The molecule has 1 amide bonds. The van der Waals surface area contributed by atoms with Gasteiger partial charge in [0.25, 0.3) is 0 Å². The summed E-state index contributed by atoms with van der Waals surface area (Å²) in [6, 6.07) is 5.37. The van der Waals surface area contributed by atoms with Gasteiger partial charge < -0.3 is 11.1 Å². The minimum Gasteiger partial charge on any atom is -0.325 e. The molecule has 0 fully saturated rings. The number of nitrogens with two attached hydrogens (primary N) is 1. The Kier molecular flexibility index (Phi) is 5.04. The van der Waals surface area contributed by atoms with Crippen LogP contribution in [0, 0.1) is 5.92 Å². The number of nitrogens with one attached hydrogen (secondary N) is 2. The lowest BCUT2D eigenvalue weighted by molar-refractivity contribution is -0.118. The van der Waals surface area contributed by atoms with Crippen LogP contribution >= 0.6 is 0 Å². The topological polar surface area (TPSA) is 101 Å². The first-order chi connectivity index (χ1) is 8.77. The molecule has 0 unspecified atom stereocenters. The average molecular weight is 285 g/mol. The molecule has 0 aliphatic carbocycles. The van der Waals surface area contributed by atoms with Crippen LogP contribution in [0.5, 0.6) is 0 Å². The molecule has 6 nitrogen and oxygen atoms in total. The molecular formula is C12H19N3O3S. The van der Waals surface area contributed by atoms with Crippen LogP contribution in [0.4, 0.5) is 5.69 Å². The third-order valence-corrected chi connectivity index (χ3v) is 4.11. The number of carbonyl (C=O) groups excluding carboxylic acids is 1. The van der Waals surface area contributed by atoms with Gasteiger partial charge in [0.15, 0.2) is 0 Å². The number of sulfonamides is 1. The van der Waals surface area contributed by atoms with E-state index in [0.717, 1.165) is 0 Å². The van der Waals surface area contributed by atoms with Crippen molar-refractivity contribution in [2.45, 2.75) is 24.8 Å². The van der Waals surface area contributed by atoms with Crippen LogP contribution in [0.2, 0.25) is 0 Å². The van der Waals surface area contributed by atoms with Crippen molar-refractivity contribution in [1.82, 2.24) is 4.72 Å². The fraction of sp³-hybridized carbons (Fsp3) is 0.417. The van der Waals surface area contributed by atoms with E-state index in [-0.39, 0.29) is 16.7 Å². The van der Waals surface area contributed by atoms with Gasteiger partial charge in [-0.05, 0) is 31.2 Å². The Morgan fingerprint density at radius 1 is 1.32 bits per heavy atom. The van der Waals surface area contributed by atoms with Gasteiger partial charge in [0.2, 0.25) is 15.9 Å². The van der Waals surface area contributed by atoms with E-state index in [0.29, 0.717) is 5.69 Å². The fourth-order valence-corrected chi connectivity index (χ4v) is 2.16. The molecule has 1 aromatic rings. The number of hydrogen-bond donors (Lipinski definition) is 3. The molecule has 0 aliphatic heterocycles. The second kappa shape index (κ2) is 6.14. The summed E-state index contributed by atoms with van der Waals surface area (Å²) in [4.78, 5) is 11.9. The second-order valence-corrected chi connectivity index (χ2v) is 6.38. The molecule has 0 radical (unpaired) electrons. The van der Waals surface area contributed by atoms with Gasteiger partial charge >= 0.3 is 0 Å². The first kappa shape index (κ1) is 15.6. The van der Waals surface area contributed by atoms with E-state index in [1.165, 1.54) is 19.2 Å². The highest BCUT2D eigenvalue weighted by Crippen LogP contribution is 2.15. The molecular weight excluding hydrogens is 266 g/mol. The Bertz CT molecular complexity index is 555. The molecule has 19 heavy (non-hydrogen) atoms. The van der Waals surface area contributed by atoms with Crippen LogP contribution in [-0.4, -0.2) is 27.4 Å². The fourth-order valence-electron chi connectivity index (χ4n) is 1.39. The van der Waals surface area contributed by atoms with Crippen molar-refractivity contribution in [3.63, 3.8) is 0 Å². The van der Waals surface area contributed by atoms with Crippen LogP contribution in [0.3, 0.4) is 0 Å². The van der Waals surface area contributed by atoms with Crippen LogP contribution in [0.15, 0.2) is 29.2 Å². The van der Waals surface area contributed by atoms with Crippen molar-refractivity contribution in [3.05, 3.63) is 24.3 Å². The van der Waals surface area contributed by atoms with Crippen molar-refractivity contribution in [2.75, 3.05) is 12.4 Å². The quantitative estimate of drug-likeness (QED) is 0.734. The highest BCUT2D eigenvalue weighted by Gasteiger charge is 2.18. The van der Waals surface area contributed by atoms with Gasteiger partial charge in [0.1, 0.15) is 0 Å². The lowest BCUT2D eigenvalue weighted by atomic mass is 10.1. The SMILES string of the molecule is CNS(=O)(=O)c1cccc(NC(=O)[C@@H](N)C(C)C)c1. The first-order valence-electron chi connectivity index (χ1n) is 5.88. The van der Waals surface area contributed by atoms with Crippen molar-refractivity contribution < 1.29 is 13.2 Å². The Morgan fingerprint density at radius 3 is 2.47 bits per heavy atom. The summed E-state index contributed by atoms with van der Waals surface area (Å²) < 4.78 is 25.5. The van der Waals surface area contributed by atoms with E-state index in [4.69, 9.17) is 5.73 Å². The number of benzene rings is 1. The molecule has 0 spiro atoms. The van der Waals surface area contributed by atoms with Crippen molar-refractivity contribution >= 4 is 21.6 Å². The Morgan fingerprint density at radius 2 is 1.95 bits per heavy atom. The number of hydrogen-bond acceptors (Lipinski definition) is 4. The molecule has 0 aliphatic rings. The van der Waals surface area contributed by atoms with Crippen molar-refractivity contribution in [2.24, 2.45) is 11.7 Å². The van der Waals surface area contributed by atoms with Gasteiger partial charge in [-0.15, -0.1) is 0 Å². The molecule has 0 heterocycles. The summed E-state index contributed by atoms with van der Waals surface area (Å²) in [5.41, 5.74) is 6.12. The summed E-state index contributed by atoms with van der Waals surface area (Å²) in [6.45, 7) is 3.68. The number of anilines is 1. The normalized spacial score (nSPS) is 13.3. The zero-order valence-electron chi connectivity index (χ0n) is 11.2. The Labute approximate surface area is 113 Å². The predicted octanol–water partition coefficient (Wildman–Crippen LogP) is 0.516. The largest absolute Gasteiger partial charge is 0.325 e. The highest BCUT2D eigenvalue weighted by molar-refractivity contribution is 7.89. The van der Waals surface area contributed by atoms with Crippen molar-refractivity contribution in [1.29, 1.82) is 0 Å². The monoisotopic (exact) mass is 285 g/mol. The lowest BCUT2D eigenvalue weighted by Gasteiger charge is -2.15. The number of carbonyl (C=O) groups is 1. The van der Waals surface area contributed by atoms with E-state index in [1.54, 1.807) is 12.1 Å². The Hall–Kier alpha value is -1.44. The molecule has 1 aromatic carbocycles. The summed E-state index contributed by atoms with van der Waals surface area (Å²) in [7, 11) is -2.20. The maximum absolute atomic E-state index is 11.8. The van der Waals surface area contributed by atoms with E-state index in [9.17, 15) is 13.2 Å². The minimum atomic E-state index is -3.53. The molecule has 0 bridgehead atoms. The molecule has 106 valence electrons. The van der Waals surface area contributed by atoms with Crippen LogP contribution in [-0.2, 0) is 14.8 Å². The molecule has 1 rings (SSSR count). The van der Waals surface area contributed by atoms with Crippen LogP contribution in [0.25, 0.3) is 0 Å². The summed E-state index contributed by atoms with van der Waals surface area (Å²) in [5, 5.41) is 2.60. The predicted molar refractivity (Wildman–Crippen MR) is 74.1 cm³/mol. The maximum Gasteiger partial charge on any atom is 0.241 e. The molecule has 4 N–H and O–H groups in total.